The van der Waals surface area contributed by atoms with Gasteiger partial charge in [0.25, 0.3) is 0 Å². The van der Waals surface area contributed by atoms with E-state index in [-0.39, 0.29) is 18.1 Å². The van der Waals surface area contributed by atoms with Crippen LogP contribution in [-0.2, 0) is 38.5 Å². The van der Waals surface area contributed by atoms with Gasteiger partial charge >= 0.3 is 0 Å². The van der Waals surface area contributed by atoms with E-state index in [9.17, 15) is 0 Å². The van der Waals surface area contributed by atoms with Gasteiger partial charge in [-0.05, 0) is 191 Å². The van der Waals surface area contributed by atoms with E-state index in [2.05, 4.69) is 163 Å². The quantitative estimate of drug-likeness (QED) is 0.160. The molecule has 0 saturated carbocycles. The Kier molecular flexibility index (Phi) is 18.4. The average Bonchev–Trinajstić information content (AvgIpc) is 3.72. The van der Waals surface area contributed by atoms with Gasteiger partial charge < -0.3 is 16.0 Å². The third kappa shape index (κ3) is 12.2. The SMILES string of the molecule is Clc1cc(Br)c2c(c1)CCc1cc(Br)cnc1C2N1CCNCC1.Clc1cc(Br)c2c(c1)CCc1cc(Br)cnc1[C@@H]2N1CCNCC1.Clc1cc(Br)c2c(c1)CCc1cc(Br)cnc1[C@H]2N1CCNCC1. The van der Waals surface area contributed by atoms with Gasteiger partial charge in [0.15, 0.2) is 0 Å². The van der Waals surface area contributed by atoms with Crippen molar-refractivity contribution in [2.75, 3.05) is 78.5 Å². The number of hydrogen-bond donors (Lipinski definition) is 3. The summed E-state index contributed by atoms with van der Waals surface area (Å²) in [5.74, 6) is 0. The minimum Gasteiger partial charge on any atom is -0.314 e. The summed E-state index contributed by atoms with van der Waals surface area (Å²) in [6.07, 6.45) is 11.7. The predicted octanol–water partition coefficient (Wildman–Crippen LogP) is 13.1. The molecule has 3 N–H and O–H groups in total. The summed E-state index contributed by atoms with van der Waals surface area (Å²) in [4.78, 5) is 22.1. The molecule has 378 valence electrons. The third-order valence-corrected chi connectivity index (χ3v) is 18.5. The second-order valence-electron chi connectivity index (χ2n) is 19.0. The van der Waals surface area contributed by atoms with E-state index in [1.165, 1.54) is 67.2 Å². The number of aromatic nitrogens is 3. The molecule has 6 aliphatic rings. The maximum absolute atomic E-state index is 6.33. The van der Waals surface area contributed by atoms with Crippen LogP contribution in [-0.4, -0.2) is 108 Å². The van der Waals surface area contributed by atoms with Crippen LogP contribution < -0.4 is 16.0 Å². The van der Waals surface area contributed by atoms with Gasteiger partial charge in [0.2, 0.25) is 0 Å². The molecule has 0 bridgehead atoms. The fourth-order valence-electron chi connectivity index (χ4n) is 11.4. The molecule has 18 heteroatoms. The molecular weight excluding hydrogens is 1360 g/mol. The monoisotopic (exact) mass is 1410 g/mol. The van der Waals surface area contributed by atoms with Gasteiger partial charge in [-0.25, -0.2) is 0 Å². The number of aryl methyl sites for hydroxylation is 6. The Labute approximate surface area is 488 Å². The van der Waals surface area contributed by atoms with Crippen molar-refractivity contribution in [3.63, 3.8) is 0 Å². The first-order valence-corrected chi connectivity index (χ1v) is 30.5. The van der Waals surface area contributed by atoms with Crippen molar-refractivity contribution >= 4 is 130 Å². The van der Waals surface area contributed by atoms with E-state index in [1.807, 2.05) is 36.8 Å². The van der Waals surface area contributed by atoms with Gasteiger partial charge in [0, 0.05) is 139 Å². The molecule has 12 rings (SSSR count). The lowest BCUT2D eigenvalue weighted by Crippen LogP contribution is -2.45. The molecule has 0 amide bonds. The Hall–Kier alpha value is -1.38. The van der Waals surface area contributed by atoms with Crippen LogP contribution in [0.5, 0.6) is 0 Å². The van der Waals surface area contributed by atoms with Crippen LogP contribution in [0, 0.1) is 0 Å². The molecule has 3 atom stereocenters. The number of pyridine rings is 3. The van der Waals surface area contributed by atoms with Gasteiger partial charge in [-0.1, -0.05) is 82.6 Å². The van der Waals surface area contributed by atoms with Crippen molar-refractivity contribution in [3.8, 4) is 0 Å². The highest BCUT2D eigenvalue weighted by Gasteiger charge is 2.36. The Morgan fingerprint density at radius 1 is 0.361 bits per heavy atom. The molecule has 3 aliphatic heterocycles. The van der Waals surface area contributed by atoms with Gasteiger partial charge in [-0.15, -0.1) is 0 Å². The summed E-state index contributed by atoms with van der Waals surface area (Å²) >= 11 is 41.0. The maximum atomic E-state index is 6.33. The standard InChI is InChI=1S/3C18H18Br2ClN3/c3*19-13-7-12-2-1-11-8-14(21)9-15(20)16(11)18(17(12)23-10-13)24-5-3-22-4-6-24/h3*7-10,18,22H,1-6H2/t2*18-;/m10./s1. The molecule has 3 fully saturated rings. The summed E-state index contributed by atoms with van der Waals surface area (Å²) in [6, 6.07) is 19.6. The van der Waals surface area contributed by atoms with Crippen molar-refractivity contribution in [2.45, 2.75) is 56.7 Å². The maximum Gasteiger partial charge on any atom is 0.0793 e. The second-order valence-corrected chi connectivity index (χ2v) is 25.7. The zero-order valence-electron chi connectivity index (χ0n) is 39.5. The highest BCUT2D eigenvalue weighted by Crippen LogP contribution is 2.45. The number of benzene rings is 3. The Balaban J connectivity index is 0.000000124. The fourth-order valence-corrected chi connectivity index (χ4v) is 15.8. The largest absolute Gasteiger partial charge is 0.314 e. The minimum atomic E-state index is 0.180. The van der Waals surface area contributed by atoms with Crippen molar-refractivity contribution in [2.24, 2.45) is 0 Å². The van der Waals surface area contributed by atoms with Crippen LogP contribution in [0.4, 0.5) is 0 Å². The van der Waals surface area contributed by atoms with E-state index in [0.29, 0.717) is 0 Å². The number of nitrogens with zero attached hydrogens (tertiary/aromatic N) is 6. The van der Waals surface area contributed by atoms with Crippen molar-refractivity contribution in [3.05, 3.63) is 182 Å². The Morgan fingerprint density at radius 3 is 0.875 bits per heavy atom. The van der Waals surface area contributed by atoms with Gasteiger partial charge in [0.1, 0.15) is 0 Å². The molecule has 3 aromatic heterocycles. The predicted molar refractivity (Wildman–Crippen MR) is 314 cm³/mol. The number of rotatable bonds is 3. The molecule has 6 aromatic rings. The second kappa shape index (κ2) is 24.5. The number of hydrogen-bond acceptors (Lipinski definition) is 9. The molecule has 9 nitrogen and oxygen atoms in total. The van der Waals surface area contributed by atoms with Crippen LogP contribution >= 0.6 is 130 Å². The number of nitrogens with one attached hydrogen (secondary N) is 3. The van der Waals surface area contributed by atoms with Crippen molar-refractivity contribution in [1.82, 2.24) is 45.6 Å². The molecule has 0 radical (unpaired) electrons. The molecule has 3 aromatic carbocycles. The van der Waals surface area contributed by atoms with Crippen LogP contribution in [0.25, 0.3) is 0 Å². The first-order valence-electron chi connectivity index (χ1n) is 24.6. The topological polar surface area (TPSA) is 84.5 Å². The fraction of sp³-hybridized carbons (Fsp3) is 0.389. The van der Waals surface area contributed by atoms with Crippen molar-refractivity contribution in [1.29, 1.82) is 0 Å². The number of piperazine rings is 3. The smallest absolute Gasteiger partial charge is 0.0793 e. The molecule has 0 spiro atoms. The lowest BCUT2D eigenvalue weighted by molar-refractivity contribution is 0.194. The third-order valence-electron chi connectivity index (χ3n) is 14.6. The number of fused-ring (bicyclic) bond motifs is 6. The van der Waals surface area contributed by atoms with E-state index in [4.69, 9.17) is 49.8 Å². The first-order chi connectivity index (χ1) is 34.9. The summed E-state index contributed by atoms with van der Waals surface area (Å²) < 4.78 is 6.40. The van der Waals surface area contributed by atoms with Crippen molar-refractivity contribution < 1.29 is 0 Å². The number of halogens is 9. The van der Waals surface area contributed by atoms with E-state index in [1.54, 1.807) is 0 Å². The van der Waals surface area contributed by atoms with Gasteiger partial charge in [-0.2, -0.15) is 0 Å². The zero-order chi connectivity index (χ0) is 50.0. The van der Waals surface area contributed by atoms with Crippen LogP contribution in [0.3, 0.4) is 0 Å². The van der Waals surface area contributed by atoms with Crippen LogP contribution in [0.15, 0.2) is 100 Å². The highest BCUT2D eigenvalue weighted by molar-refractivity contribution is 9.11. The summed E-state index contributed by atoms with van der Waals surface area (Å²) in [7, 11) is 0. The van der Waals surface area contributed by atoms with E-state index in [0.717, 1.165) is 159 Å². The Bertz CT molecular complexity index is 2640. The molecule has 3 saturated heterocycles. The van der Waals surface area contributed by atoms with Gasteiger partial charge in [0.05, 0.1) is 35.2 Å². The van der Waals surface area contributed by atoms with Gasteiger partial charge in [-0.3, -0.25) is 29.7 Å². The lowest BCUT2D eigenvalue weighted by atomic mass is 9.96. The highest BCUT2D eigenvalue weighted by atomic mass is 79.9. The molecule has 72 heavy (non-hydrogen) atoms. The summed E-state index contributed by atoms with van der Waals surface area (Å²) in [6.45, 7) is 12.2. The van der Waals surface area contributed by atoms with E-state index < -0.39 is 0 Å². The average molecular weight is 1410 g/mol. The zero-order valence-corrected chi connectivity index (χ0v) is 51.3. The Morgan fingerprint density at radius 2 is 0.611 bits per heavy atom. The van der Waals surface area contributed by atoms with E-state index >= 15 is 0 Å². The summed E-state index contributed by atoms with van der Waals surface area (Å²) in [5.41, 5.74) is 15.5. The van der Waals surface area contributed by atoms with Crippen LogP contribution in [0.1, 0.15) is 85.3 Å². The normalized spacial score (nSPS) is 21.0. The molecule has 1 unspecified atom stereocenters. The summed E-state index contributed by atoms with van der Waals surface area (Å²) in [5, 5.41) is 12.7. The molecule has 6 heterocycles. The first kappa shape index (κ1) is 54.0. The minimum absolute atomic E-state index is 0.180. The molecular formula is C54H54Br6Cl3N9. The molecule has 3 aliphatic carbocycles. The van der Waals surface area contributed by atoms with Crippen LogP contribution in [0.2, 0.25) is 15.1 Å². The lowest BCUT2D eigenvalue weighted by Gasteiger charge is -2.36.